The van der Waals surface area contributed by atoms with E-state index in [4.69, 9.17) is 14.3 Å². The predicted molar refractivity (Wildman–Crippen MR) is 66.7 cm³/mol. The van der Waals surface area contributed by atoms with Gasteiger partial charge in [-0.05, 0) is 32.0 Å². The van der Waals surface area contributed by atoms with Gasteiger partial charge >= 0.3 is 5.97 Å². The smallest absolute Gasteiger partial charge is 0.335 e. The number of carboxylic acid groups (broad SMARTS) is 1. The molecule has 0 unspecified atom stereocenters. The van der Waals surface area contributed by atoms with Gasteiger partial charge in [-0.3, -0.25) is 0 Å². The number of ether oxygens (including phenoxy) is 1. The highest BCUT2D eigenvalue weighted by atomic mass is 16.5. The molecule has 0 aliphatic carbocycles. The van der Waals surface area contributed by atoms with Gasteiger partial charge in [0.05, 0.1) is 5.56 Å². The number of hydrogen-bond donors (Lipinski definition) is 1. The average molecular weight is 262 g/mol. The minimum Gasteiger partial charge on any atom is -0.478 e. The molecule has 0 radical (unpaired) electrons. The Labute approximate surface area is 110 Å². The Hall–Kier alpha value is -2.21. The van der Waals surface area contributed by atoms with Gasteiger partial charge in [-0.15, -0.1) is 10.2 Å². The summed E-state index contributed by atoms with van der Waals surface area (Å²) in [6.45, 7) is 3.61. The first kappa shape index (κ1) is 13.2. The molecule has 100 valence electrons. The highest BCUT2D eigenvalue weighted by Gasteiger charge is 2.27. The van der Waals surface area contributed by atoms with Crippen LogP contribution in [0, 0.1) is 0 Å². The van der Waals surface area contributed by atoms with E-state index in [1.54, 1.807) is 33.1 Å². The van der Waals surface area contributed by atoms with Gasteiger partial charge in [0.2, 0.25) is 11.8 Å². The minimum atomic E-state index is -1.00. The lowest BCUT2D eigenvalue weighted by molar-refractivity contribution is -0.00338. The molecule has 0 saturated heterocycles. The molecule has 0 spiro atoms. The van der Waals surface area contributed by atoms with Crippen molar-refractivity contribution in [2.24, 2.45) is 0 Å². The van der Waals surface area contributed by atoms with Crippen LogP contribution in [0.3, 0.4) is 0 Å². The SMILES string of the molecule is COC(C)(C)c1nnc(-c2cccc(C(=O)O)c2)o1. The van der Waals surface area contributed by atoms with Gasteiger partial charge in [0.15, 0.2) is 0 Å². The van der Waals surface area contributed by atoms with Crippen LogP contribution in [0.5, 0.6) is 0 Å². The summed E-state index contributed by atoms with van der Waals surface area (Å²) in [7, 11) is 1.55. The number of aromatic carboxylic acids is 1. The number of hydrogen-bond acceptors (Lipinski definition) is 5. The summed E-state index contributed by atoms with van der Waals surface area (Å²) in [5.41, 5.74) is 0.0455. The Kier molecular flexibility index (Phi) is 3.35. The fourth-order valence-electron chi connectivity index (χ4n) is 1.46. The Bertz CT molecular complexity index is 604. The van der Waals surface area contributed by atoms with Crippen molar-refractivity contribution in [2.45, 2.75) is 19.4 Å². The zero-order chi connectivity index (χ0) is 14.0. The summed E-state index contributed by atoms with van der Waals surface area (Å²) in [5.74, 6) is -0.396. The maximum Gasteiger partial charge on any atom is 0.335 e. The summed E-state index contributed by atoms with van der Waals surface area (Å²) in [4.78, 5) is 10.9. The quantitative estimate of drug-likeness (QED) is 0.910. The number of methoxy groups -OCH3 is 1. The topological polar surface area (TPSA) is 85.5 Å². The lowest BCUT2D eigenvalue weighted by Crippen LogP contribution is -2.19. The largest absolute Gasteiger partial charge is 0.478 e. The molecule has 0 aliphatic rings. The lowest BCUT2D eigenvalue weighted by Gasteiger charge is -2.17. The molecule has 1 N–H and O–H groups in total. The van der Waals surface area contributed by atoms with Crippen LogP contribution in [-0.2, 0) is 10.3 Å². The molecule has 0 saturated carbocycles. The number of benzene rings is 1. The van der Waals surface area contributed by atoms with Crippen molar-refractivity contribution in [3.63, 3.8) is 0 Å². The third kappa shape index (κ3) is 2.63. The molecular formula is C13H14N2O4. The van der Waals surface area contributed by atoms with Gasteiger partial charge in [-0.25, -0.2) is 4.79 Å². The first-order valence-corrected chi connectivity index (χ1v) is 5.67. The van der Waals surface area contributed by atoms with Gasteiger partial charge in [-0.2, -0.15) is 0 Å². The first-order valence-electron chi connectivity index (χ1n) is 5.67. The zero-order valence-electron chi connectivity index (χ0n) is 10.9. The second-order valence-electron chi connectivity index (χ2n) is 4.51. The monoisotopic (exact) mass is 262 g/mol. The van der Waals surface area contributed by atoms with Crippen LogP contribution in [0.1, 0.15) is 30.1 Å². The van der Waals surface area contributed by atoms with E-state index < -0.39 is 11.6 Å². The highest BCUT2D eigenvalue weighted by Crippen LogP contribution is 2.26. The fraction of sp³-hybridized carbons (Fsp3) is 0.308. The Morgan fingerprint density at radius 2 is 2.11 bits per heavy atom. The molecule has 0 bridgehead atoms. The molecular weight excluding hydrogens is 248 g/mol. The van der Waals surface area contributed by atoms with Crippen molar-refractivity contribution in [2.75, 3.05) is 7.11 Å². The summed E-state index contributed by atoms with van der Waals surface area (Å²) in [5, 5.41) is 16.8. The molecule has 1 aromatic carbocycles. The lowest BCUT2D eigenvalue weighted by atomic mass is 10.1. The summed E-state index contributed by atoms with van der Waals surface area (Å²) >= 11 is 0. The van der Waals surface area contributed by atoms with E-state index in [2.05, 4.69) is 10.2 Å². The average Bonchev–Trinajstić information content (AvgIpc) is 2.89. The first-order chi connectivity index (χ1) is 8.94. The van der Waals surface area contributed by atoms with Crippen molar-refractivity contribution in [3.05, 3.63) is 35.7 Å². The predicted octanol–water partition coefficient (Wildman–Crippen LogP) is 2.32. The minimum absolute atomic E-state index is 0.170. The van der Waals surface area contributed by atoms with Crippen molar-refractivity contribution >= 4 is 5.97 Å². The number of rotatable bonds is 4. The summed E-state index contributed by atoms with van der Waals surface area (Å²) < 4.78 is 10.8. The standard InChI is InChI=1S/C13H14N2O4/c1-13(2,18-3)12-15-14-10(19-12)8-5-4-6-9(7-8)11(16)17/h4-7H,1-3H3,(H,16,17). The van der Waals surface area contributed by atoms with Crippen molar-refractivity contribution in [1.29, 1.82) is 0 Å². The van der Waals surface area contributed by atoms with E-state index in [-0.39, 0.29) is 11.5 Å². The van der Waals surface area contributed by atoms with E-state index in [1.165, 1.54) is 12.1 Å². The second kappa shape index (κ2) is 4.81. The van der Waals surface area contributed by atoms with E-state index in [9.17, 15) is 4.79 Å². The number of carbonyl (C=O) groups is 1. The Morgan fingerprint density at radius 1 is 1.37 bits per heavy atom. The van der Waals surface area contributed by atoms with Crippen LogP contribution >= 0.6 is 0 Å². The van der Waals surface area contributed by atoms with Gasteiger partial charge < -0.3 is 14.3 Å². The molecule has 0 aliphatic heterocycles. The van der Waals surface area contributed by atoms with Crippen LogP contribution in [0.2, 0.25) is 0 Å². The van der Waals surface area contributed by atoms with Crippen molar-refractivity contribution in [3.8, 4) is 11.5 Å². The maximum absolute atomic E-state index is 10.9. The number of carboxylic acids is 1. The molecule has 2 aromatic rings. The summed E-state index contributed by atoms with van der Waals surface area (Å²) in [6.07, 6.45) is 0. The van der Waals surface area contributed by atoms with Crippen molar-refractivity contribution in [1.82, 2.24) is 10.2 Å². The molecule has 0 fully saturated rings. The fourth-order valence-corrected chi connectivity index (χ4v) is 1.46. The molecule has 2 rings (SSSR count). The molecule has 0 amide bonds. The van der Waals surface area contributed by atoms with Crippen LogP contribution in [0.25, 0.3) is 11.5 Å². The molecule has 6 nitrogen and oxygen atoms in total. The molecule has 19 heavy (non-hydrogen) atoms. The maximum atomic E-state index is 10.9. The highest BCUT2D eigenvalue weighted by molar-refractivity contribution is 5.88. The molecule has 1 aromatic heterocycles. The van der Waals surface area contributed by atoms with Crippen LogP contribution < -0.4 is 0 Å². The van der Waals surface area contributed by atoms with Gasteiger partial charge in [-0.1, -0.05) is 6.07 Å². The normalized spacial score (nSPS) is 11.5. The van der Waals surface area contributed by atoms with E-state index >= 15 is 0 Å². The van der Waals surface area contributed by atoms with Crippen molar-refractivity contribution < 1.29 is 19.1 Å². The van der Waals surface area contributed by atoms with Crippen LogP contribution in [0.4, 0.5) is 0 Å². The molecule has 1 heterocycles. The Balaban J connectivity index is 2.38. The Morgan fingerprint density at radius 3 is 2.74 bits per heavy atom. The molecule has 6 heteroatoms. The summed E-state index contributed by atoms with van der Waals surface area (Å²) in [6, 6.07) is 6.33. The van der Waals surface area contributed by atoms with Gasteiger partial charge in [0, 0.05) is 12.7 Å². The van der Waals surface area contributed by atoms with Gasteiger partial charge in [0.1, 0.15) is 5.60 Å². The molecule has 0 atom stereocenters. The van der Waals surface area contributed by atoms with E-state index in [1.807, 2.05) is 0 Å². The number of nitrogens with zero attached hydrogens (tertiary/aromatic N) is 2. The zero-order valence-corrected chi connectivity index (χ0v) is 10.9. The van der Waals surface area contributed by atoms with Gasteiger partial charge in [0.25, 0.3) is 0 Å². The third-order valence-electron chi connectivity index (χ3n) is 2.81. The van der Waals surface area contributed by atoms with E-state index in [0.717, 1.165) is 0 Å². The van der Waals surface area contributed by atoms with Crippen LogP contribution in [-0.4, -0.2) is 28.4 Å². The van der Waals surface area contributed by atoms with Crippen LogP contribution in [0.15, 0.2) is 28.7 Å². The second-order valence-corrected chi connectivity index (χ2v) is 4.51. The van der Waals surface area contributed by atoms with E-state index in [0.29, 0.717) is 11.5 Å². The third-order valence-corrected chi connectivity index (χ3v) is 2.81. The number of aromatic nitrogens is 2.